The Morgan fingerprint density at radius 3 is 2.29 bits per heavy atom. The summed E-state index contributed by atoms with van der Waals surface area (Å²) in [5, 5.41) is 27.4. The van der Waals surface area contributed by atoms with E-state index in [0.29, 0.717) is 90.6 Å². The number of fused-ring (bicyclic) bond motifs is 4. The van der Waals surface area contributed by atoms with Crippen molar-refractivity contribution in [3.63, 3.8) is 0 Å². The number of aromatic nitrogens is 4. The minimum atomic E-state index is -4.48. The predicted octanol–water partition coefficient (Wildman–Crippen LogP) is 9.11. The summed E-state index contributed by atoms with van der Waals surface area (Å²) in [7, 11) is -4.48. The number of rotatable bonds is 28. The number of nitrogens with one attached hydrogen (secondary N) is 4. The van der Waals surface area contributed by atoms with Crippen LogP contribution in [0.4, 0.5) is 21.4 Å². The predicted molar refractivity (Wildman–Crippen MR) is 365 cm³/mol. The number of pyridine rings is 1. The molecule has 518 valence electrons. The fraction of sp³-hybridized carbons (Fsp3) is 0.479. The second kappa shape index (κ2) is 27.1. The molecule has 12 rings (SSSR count). The molecule has 2 aliphatic heterocycles. The Bertz CT molecular complexity index is 4280. The molecule has 25 nitrogen and oxygen atoms in total. The molecular formula is C71H83N11O14S2. The number of thiazole rings is 1. The number of carboxylic acids is 1. The van der Waals surface area contributed by atoms with Crippen LogP contribution in [-0.2, 0) is 69.7 Å². The van der Waals surface area contributed by atoms with Crippen molar-refractivity contribution in [1.82, 2.24) is 40.2 Å². The number of carbonyl (C=O) groups is 8. The number of amides is 7. The van der Waals surface area contributed by atoms with Crippen LogP contribution < -0.4 is 26.2 Å². The van der Waals surface area contributed by atoms with Gasteiger partial charge in [-0.15, -0.1) is 0 Å². The highest BCUT2D eigenvalue weighted by atomic mass is 32.2. The first kappa shape index (κ1) is 69.0. The minimum absolute atomic E-state index is 0.00549. The normalized spacial score (nSPS) is 23.3. The number of anilines is 3. The van der Waals surface area contributed by atoms with Crippen molar-refractivity contribution >= 4 is 95.8 Å². The number of carboxylic acid groups (broad SMARTS) is 1. The zero-order valence-electron chi connectivity index (χ0n) is 55.9. The van der Waals surface area contributed by atoms with Gasteiger partial charge in [-0.1, -0.05) is 81.9 Å². The van der Waals surface area contributed by atoms with E-state index in [-0.39, 0.29) is 96.2 Å². The van der Waals surface area contributed by atoms with Crippen LogP contribution in [0.1, 0.15) is 142 Å². The maximum Gasteiger partial charge on any atom is 0.410 e. The molecule has 6 aliphatic rings. The highest BCUT2D eigenvalue weighted by molar-refractivity contribution is 7.85. The van der Waals surface area contributed by atoms with E-state index < -0.39 is 57.4 Å². The summed E-state index contributed by atoms with van der Waals surface area (Å²) in [6, 6.07) is 21.6. The Hall–Kier alpha value is -8.92. The molecule has 3 aromatic carbocycles. The molecule has 5 heterocycles. The third-order valence-corrected chi connectivity index (χ3v) is 23.0. The number of hydrogen-bond donors (Lipinski definition) is 6. The third kappa shape index (κ3) is 13.9. The Morgan fingerprint density at radius 1 is 0.796 bits per heavy atom. The Balaban J connectivity index is 0.649. The van der Waals surface area contributed by atoms with Crippen LogP contribution in [0.5, 0.6) is 0 Å². The summed E-state index contributed by atoms with van der Waals surface area (Å²) in [6.07, 6.45) is 11.0. The molecule has 0 saturated heterocycles. The lowest BCUT2D eigenvalue weighted by Crippen LogP contribution is -2.57. The van der Waals surface area contributed by atoms with E-state index >= 15 is 0 Å². The first-order valence-corrected chi connectivity index (χ1v) is 35.8. The number of carbonyl (C=O) groups excluding carboxylic acids is 7. The number of para-hydroxylation sites is 1. The fourth-order valence-corrected chi connectivity index (χ4v) is 18.5. The fourth-order valence-electron chi connectivity index (χ4n) is 17.2. The molecule has 98 heavy (non-hydrogen) atoms. The maximum atomic E-state index is 13.8. The summed E-state index contributed by atoms with van der Waals surface area (Å²) in [4.78, 5) is 118. The van der Waals surface area contributed by atoms with Gasteiger partial charge in [0, 0.05) is 85.9 Å². The lowest BCUT2D eigenvalue weighted by molar-refractivity contribution is -0.158. The SMILES string of the molecule is Cc1c(-c2ccc(N3CCc4cccc(C(=O)Nc5nc6ccccc6s5)c4C3)nc2C(=O)O)cnn1CC12CC3(OCCN(CCS(=O)(=O)O)C(=O)OCc4ccc(NC(=O)[C@H](C)NC(=O)C(NC(=O)CCCCCN5C(=O)C=CC5=O)C(C)C)cc4)CC4(C)CC(C)(C1)C4(C2)C3. The zero-order chi connectivity index (χ0) is 69.7. The van der Waals surface area contributed by atoms with E-state index in [1.165, 1.54) is 35.3 Å². The Labute approximate surface area is 572 Å². The first-order chi connectivity index (χ1) is 46.6. The van der Waals surface area contributed by atoms with Gasteiger partial charge in [-0.2, -0.15) is 13.5 Å². The monoisotopic (exact) mass is 1380 g/mol. The number of nitrogens with zero attached hydrogens (tertiary/aromatic N) is 7. The van der Waals surface area contributed by atoms with Gasteiger partial charge in [-0.05, 0) is 158 Å². The summed E-state index contributed by atoms with van der Waals surface area (Å²) >= 11 is 1.40. The molecule has 4 aliphatic carbocycles. The van der Waals surface area contributed by atoms with Crippen molar-refractivity contribution in [1.29, 1.82) is 0 Å². The smallest absolute Gasteiger partial charge is 0.410 e. The minimum Gasteiger partial charge on any atom is -0.476 e. The molecular weight excluding hydrogens is 1290 g/mol. The highest BCUT2D eigenvalue weighted by Gasteiger charge is 2.84. The number of unbranched alkanes of at least 4 members (excludes halogenated alkanes) is 2. The standard InChI is InChI=1S/C71H83N11O14S2/c1-43(2)59(77-56(83)17-8-7-11-27-81-57(84)24-25-58(81)85)63(88)73-44(3)61(86)74-48-20-18-46(19-21-48)35-95-66(91)79(30-32-98(92,93)94)29-31-96-70-38-68(6)36-67(5)37-69(39-70,40-71(67,68)41-70)42-82-45(4)51(33-72-82)49-22-23-55(76-60(49)64(89)90)80-28-26-47-13-12-14-50(52(47)34-80)62(87)78-65-75-53-15-9-10-16-54(53)97-65/h9-10,12-16,18-25,33,43-44,59H,7-8,11,17,26-32,34-42H2,1-6H3,(H,73,88)(H,74,86)(H,77,83)(H,89,90)(H,75,78,87)(H,92,93,94)/t44-,59?,67?,68?,69?,70?,71?/m0/s1. The van der Waals surface area contributed by atoms with Gasteiger partial charge >= 0.3 is 12.1 Å². The van der Waals surface area contributed by atoms with Crippen molar-refractivity contribution in [2.45, 2.75) is 150 Å². The van der Waals surface area contributed by atoms with E-state index in [2.05, 4.69) is 40.1 Å². The molecule has 3 aromatic heterocycles. The topological polar surface area (TPSA) is 331 Å². The van der Waals surface area contributed by atoms with Crippen molar-refractivity contribution in [3.05, 3.63) is 131 Å². The molecule has 6 N–H and O–H groups in total. The Morgan fingerprint density at radius 2 is 1.55 bits per heavy atom. The van der Waals surface area contributed by atoms with Crippen LogP contribution >= 0.6 is 11.3 Å². The summed E-state index contributed by atoms with van der Waals surface area (Å²) in [5.41, 5.74) is 5.09. The van der Waals surface area contributed by atoms with Crippen LogP contribution in [0.15, 0.2) is 97.2 Å². The van der Waals surface area contributed by atoms with Gasteiger partial charge in [0.25, 0.3) is 27.8 Å². The highest BCUT2D eigenvalue weighted by Crippen LogP contribution is 2.89. The third-order valence-electron chi connectivity index (χ3n) is 21.3. The molecule has 27 heteroatoms. The van der Waals surface area contributed by atoms with Gasteiger partial charge in [0.1, 0.15) is 24.5 Å². The molecule has 0 radical (unpaired) electrons. The van der Waals surface area contributed by atoms with Crippen molar-refractivity contribution < 1.29 is 65.9 Å². The van der Waals surface area contributed by atoms with Gasteiger partial charge in [-0.3, -0.25) is 48.2 Å². The van der Waals surface area contributed by atoms with Crippen molar-refractivity contribution in [3.8, 4) is 11.1 Å². The number of benzene rings is 3. The molecule has 1 spiro atoms. The van der Waals surface area contributed by atoms with E-state index in [9.17, 15) is 56.4 Å². The van der Waals surface area contributed by atoms with Gasteiger partial charge < -0.3 is 40.3 Å². The van der Waals surface area contributed by atoms with Crippen LogP contribution in [-0.4, -0.2) is 151 Å². The zero-order valence-corrected chi connectivity index (χ0v) is 57.5. The molecule has 6 aromatic rings. The molecule has 6 unspecified atom stereocenters. The summed E-state index contributed by atoms with van der Waals surface area (Å²) in [6.45, 7) is 12.9. The molecule has 7 amide bonds. The maximum absolute atomic E-state index is 13.8. The number of hydrogen-bond acceptors (Lipinski definition) is 17. The summed E-state index contributed by atoms with van der Waals surface area (Å²) < 4.78 is 49.7. The quantitative estimate of drug-likeness (QED) is 0.0151. The van der Waals surface area contributed by atoms with Crippen LogP contribution in [0, 0.1) is 34.5 Å². The second-order valence-corrected chi connectivity index (χ2v) is 31.1. The number of ether oxygens (including phenoxy) is 2. The van der Waals surface area contributed by atoms with E-state index in [1.807, 2.05) is 59.0 Å². The van der Waals surface area contributed by atoms with Gasteiger partial charge in [0.15, 0.2) is 10.8 Å². The van der Waals surface area contributed by atoms with E-state index in [1.54, 1.807) is 56.4 Å². The van der Waals surface area contributed by atoms with Crippen molar-refractivity contribution in [2.75, 3.05) is 54.1 Å². The Kier molecular flexibility index (Phi) is 19.1. The average molecular weight is 1380 g/mol. The molecule has 7 atom stereocenters. The number of aromatic carboxylic acids is 1. The molecule has 4 fully saturated rings. The first-order valence-electron chi connectivity index (χ1n) is 33.4. The van der Waals surface area contributed by atoms with Crippen LogP contribution in [0.25, 0.3) is 21.3 Å². The van der Waals surface area contributed by atoms with Crippen LogP contribution in [0.2, 0.25) is 0 Å². The second-order valence-electron chi connectivity index (χ2n) is 28.5. The lowest BCUT2D eigenvalue weighted by Gasteiger charge is -2.64. The number of imide groups is 1. The molecule has 3 bridgehead atoms. The van der Waals surface area contributed by atoms with Gasteiger partial charge in [-0.25, -0.2) is 19.6 Å². The van der Waals surface area contributed by atoms with E-state index in [0.717, 1.165) is 64.0 Å². The van der Waals surface area contributed by atoms with Gasteiger partial charge in [0.05, 0.1) is 34.4 Å². The van der Waals surface area contributed by atoms with Gasteiger partial charge in [0.2, 0.25) is 17.7 Å². The average Bonchev–Trinajstić information content (AvgIpc) is 1.46. The van der Waals surface area contributed by atoms with Crippen molar-refractivity contribution in [2.24, 2.45) is 27.6 Å². The lowest BCUT2D eigenvalue weighted by atomic mass is 9.40. The molecule has 4 saturated carbocycles. The van der Waals surface area contributed by atoms with Crippen LogP contribution in [0.3, 0.4) is 0 Å². The largest absolute Gasteiger partial charge is 0.476 e. The van der Waals surface area contributed by atoms with E-state index in [4.69, 9.17) is 19.6 Å². The summed E-state index contributed by atoms with van der Waals surface area (Å²) in [5.74, 6) is -4.15.